The van der Waals surface area contributed by atoms with E-state index in [1.54, 1.807) is 20.2 Å². The molecule has 1 aromatic rings. The van der Waals surface area contributed by atoms with Crippen LogP contribution in [0.4, 0.5) is 0 Å². The zero-order chi connectivity index (χ0) is 46.6. The van der Waals surface area contributed by atoms with Crippen LogP contribution in [0, 0.1) is 0 Å². The summed E-state index contributed by atoms with van der Waals surface area (Å²) in [7, 11) is 0. The third-order valence-corrected chi connectivity index (χ3v) is 18.0. The Kier molecular flexibility index (Phi) is 52.2. The first kappa shape index (κ1) is 63.3. The predicted octanol–water partition coefficient (Wildman–Crippen LogP) is 24.3. The van der Waals surface area contributed by atoms with Gasteiger partial charge in [0.05, 0.1) is 0 Å². The van der Waals surface area contributed by atoms with E-state index < -0.39 is 0 Å². The van der Waals surface area contributed by atoms with Crippen molar-refractivity contribution < 1.29 is 0 Å². The van der Waals surface area contributed by atoms with E-state index in [-0.39, 0.29) is 0 Å². The highest BCUT2D eigenvalue weighted by Crippen LogP contribution is 2.41. The van der Waals surface area contributed by atoms with Crippen molar-refractivity contribution in [2.45, 2.75) is 357 Å². The Bertz CT molecular complexity index is 993. The molecule has 0 fully saturated rings. The Morgan fingerprint density at radius 3 is 0.615 bits per heavy atom. The van der Waals surface area contributed by atoms with Crippen molar-refractivity contribution in [3.63, 3.8) is 0 Å². The summed E-state index contributed by atoms with van der Waals surface area (Å²) >= 11 is 6.61. The molecule has 0 aliphatic rings. The lowest BCUT2D eigenvalue weighted by Crippen LogP contribution is -1.94. The first-order valence-electron chi connectivity index (χ1n) is 30.3. The van der Waals surface area contributed by atoms with Gasteiger partial charge in [0.15, 0.2) is 0 Å². The minimum Gasteiger partial charge on any atom is -0.125 e. The highest BCUT2D eigenvalue weighted by atomic mass is 32.2. The molecule has 0 nitrogen and oxygen atoms in total. The Morgan fingerprint density at radius 1 is 0.231 bits per heavy atom. The van der Waals surface area contributed by atoms with Gasteiger partial charge in [-0.2, -0.15) is 0 Å². The van der Waals surface area contributed by atoms with Gasteiger partial charge < -0.3 is 0 Å². The van der Waals surface area contributed by atoms with Gasteiger partial charge in [0, 0.05) is 14.7 Å². The summed E-state index contributed by atoms with van der Waals surface area (Å²) in [6.07, 6.45) is 70.7. The molecule has 0 amide bonds. The Labute approximate surface area is 424 Å². The van der Waals surface area contributed by atoms with E-state index in [0.717, 1.165) is 6.42 Å². The van der Waals surface area contributed by atoms with Crippen LogP contribution in [-0.2, 0) is 6.42 Å². The van der Waals surface area contributed by atoms with Gasteiger partial charge in [0.2, 0.25) is 0 Å². The second-order valence-corrected chi connectivity index (χ2v) is 24.1. The average Bonchev–Trinajstić information content (AvgIpc) is 3.32. The van der Waals surface area contributed by atoms with Crippen LogP contribution in [-0.4, -0.2) is 17.3 Å². The quantitative estimate of drug-likeness (QED) is 0.0472. The Balaban J connectivity index is 2.40. The lowest BCUT2D eigenvalue weighted by atomic mass is 10.0. The van der Waals surface area contributed by atoms with Gasteiger partial charge in [-0.15, -0.1) is 35.3 Å². The van der Waals surface area contributed by atoms with Crippen LogP contribution in [0.2, 0.25) is 0 Å². The molecule has 3 heteroatoms. The second-order valence-electron chi connectivity index (χ2n) is 20.7. The van der Waals surface area contributed by atoms with Gasteiger partial charge in [-0.05, 0) is 60.6 Å². The molecule has 65 heavy (non-hydrogen) atoms. The van der Waals surface area contributed by atoms with Crippen LogP contribution in [0.5, 0.6) is 0 Å². The van der Waals surface area contributed by atoms with Gasteiger partial charge >= 0.3 is 0 Å². The Morgan fingerprint density at radius 2 is 0.415 bits per heavy atom. The summed E-state index contributed by atoms with van der Waals surface area (Å²) in [5.74, 6) is 3.88. The highest BCUT2D eigenvalue weighted by Gasteiger charge is 2.13. The van der Waals surface area contributed by atoms with Gasteiger partial charge in [-0.3, -0.25) is 0 Å². The molecule has 0 atom stereocenters. The maximum Gasteiger partial charge on any atom is 0.0344 e. The van der Waals surface area contributed by atoms with E-state index in [1.807, 2.05) is 0 Å². The minimum absolute atomic E-state index is 1.16. The van der Waals surface area contributed by atoms with Crippen molar-refractivity contribution in [2.24, 2.45) is 0 Å². The average molecular weight is 960 g/mol. The molecule has 384 valence electrons. The maximum absolute atomic E-state index is 2.59. The number of benzene rings is 1. The third kappa shape index (κ3) is 44.0. The van der Waals surface area contributed by atoms with Gasteiger partial charge in [0.25, 0.3) is 0 Å². The normalized spacial score (nSPS) is 11.7. The van der Waals surface area contributed by atoms with Gasteiger partial charge in [-0.25, -0.2) is 0 Å². The smallest absolute Gasteiger partial charge is 0.0344 e. The molecule has 0 N–H and O–H groups in total. The second kappa shape index (κ2) is 53.6. The van der Waals surface area contributed by atoms with Crippen molar-refractivity contribution in [3.8, 4) is 0 Å². The zero-order valence-corrected chi connectivity index (χ0v) is 47.6. The number of aryl methyl sites for hydroxylation is 1. The molecule has 0 spiro atoms. The van der Waals surface area contributed by atoms with Crippen LogP contribution < -0.4 is 0 Å². The molecule has 0 saturated heterocycles. The fraction of sp³-hybridized carbons (Fsp3) is 0.903. The van der Waals surface area contributed by atoms with Crippen molar-refractivity contribution in [1.82, 2.24) is 0 Å². The van der Waals surface area contributed by atoms with E-state index in [1.165, 1.54) is 325 Å². The SMILES string of the molecule is CCCCCCCCCCCCCCCCCCSc1cc(CC)cc(SCCCCCCCCCCCCCCCCCC)c1SCCCCCCCCCCCCCCCCCC. The van der Waals surface area contributed by atoms with E-state index in [2.05, 4.69) is 75.1 Å². The summed E-state index contributed by atoms with van der Waals surface area (Å²) in [5.41, 5.74) is 1.56. The fourth-order valence-corrected chi connectivity index (χ4v) is 13.5. The molecular weight excluding hydrogens is 841 g/mol. The van der Waals surface area contributed by atoms with Crippen LogP contribution in [0.25, 0.3) is 0 Å². The van der Waals surface area contributed by atoms with Crippen molar-refractivity contribution in [3.05, 3.63) is 17.7 Å². The molecule has 0 aromatic heterocycles. The fourth-order valence-electron chi connectivity index (χ4n) is 9.68. The molecule has 0 aliphatic carbocycles. The van der Waals surface area contributed by atoms with Gasteiger partial charge in [-0.1, -0.05) is 317 Å². The van der Waals surface area contributed by atoms with Crippen molar-refractivity contribution >= 4 is 35.3 Å². The first-order valence-corrected chi connectivity index (χ1v) is 33.3. The maximum atomic E-state index is 2.59. The summed E-state index contributed by atoms with van der Waals surface area (Å²) in [5, 5.41) is 0. The molecule has 0 aliphatic heterocycles. The standard InChI is InChI=1S/C62H118S3/c1-5-9-12-15-18-21-24-27-30-33-36-39-42-45-48-51-54-63-60-57-59(8-4)58-61(64-55-52-49-46-43-40-37-34-31-28-25-22-19-16-13-10-6-2)62(60)65-56-53-50-47-44-41-38-35-32-29-26-23-20-17-14-11-7-3/h57-58H,5-56H2,1-4H3. The minimum atomic E-state index is 1.16. The van der Waals surface area contributed by atoms with E-state index in [9.17, 15) is 0 Å². The van der Waals surface area contributed by atoms with Crippen molar-refractivity contribution in [1.29, 1.82) is 0 Å². The van der Waals surface area contributed by atoms with Crippen molar-refractivity contribution in [2.75, 3.05) is 17.3 Å². The Hall–Kier alpha value is 0.270. The van der Waals surface area contributed by atoms with Gasteiger partial charge in [0.1, 0.15) is 0 Å². The van der Waals surface area contributed by atoms with E-state index >= 15 is 0 Å². The molecule has 0 unspecified atom stereocenters. The number of hydrogen-bond donors (Lipinski definition) is 0. The number of rotatable bonds is 55. The van der Waals surface area contributed by atoms with Crippen LogP contribution >= 0.6 is 35.3 Å². The monoisotopic (exact) mass is 959 g/mol. The molecule has 0 bridgehead atoms. The summed E-state index contributed by atoms with van der Waals surface area (Å²) in [6, 6.07) is 5.18. The topological polar surface area (TPSA) is 0 Å². The molecule has 0 saturated carbocycles. The van der Waals surface area contributed by atoms with Crippen LogP contribution in [0.1, 0.15) is 341 Å². The molecule has 0 radical (unpaired) electrons. The van der Waals surface area contributed by atoms with Crippen LogP contribution in [0.3, 0.4) is 0 Å². The number of unbranched alkanes of at least 4 members (excludes halogenated alkanes) is 45. The number of thioether (sulfide) groups is 3. The third-order valence-electron chi connectivity index (χ3n) is 14.2. The molecule has 1 aromatic carbocycles. The molecular formula is C62H118S3. The predicted molar refractivity (Wildman–Crippen MR) is 307 cm³/mol. The van der Waals surface area contributed by atoms with E-state index in [0.29, 0.717) is 0 Å². The molecule has 0 heterocycles. The summed E-state index contributed by atoms with van der Waals surface area (Å²) in [6.45, 7) is 9.33. The highest BCUT2D eigenvalue weighted by molar-refractivity contribution is 8.03. The largest absolute Gasteiger partial charge is 0.125 e. The lowest BCUT2D eigenvalue weighted by Gasteiger charge is -2.16. The van der Waals surface area contributed by atoms with E-state index in [4.69, 9.17) is 0 Å². The first-order chi connectivity index (χ1) is 32.3. The zero-order valence-electron chi connectivity index (χ0n) is 45.1. The lowest BCUT2D eigenvalue weighted by molar-refractivity contribution is 0.531. The number of hydrogen-bond acceptors (Lipinski definition) is 3. The summed E-state index contributed by atoms with van der Waals surface area (Å²) < 4.78 is 0. The van der Waals surface area contributed by atoms with Crippen LogP contribution in [0.15, 0.2) is 26.8 Å². The summed E-state index contributed by atoms with van der Waals surface area (Å²) in [4.78, 5) is 4.87. The molecule has 1 rings (SSSR count).